The van der Waals surface area contributed by atoms with Crippen LogP contribution >= 0.6 is 12.4 Å². The largest absolute Gasteiger partial charge is 0.465 e. The van der Waals surface area contributed by atoms with Crippen LogP contribution in [0.4, 0.5) is 5.69 Å². The number of halogens is 1. The van der Waals surface area contributed by atoms with Gasteiger partial charge in [-0.3, -0.25) is 14.5 Å². The Labute approximate surface area is 206 Å². The maximum Gasteiger partial charge on any atom is 0.326 e. The van der Waals surface area contributed by atoms with E-state index in [4.69, 9.17) is 15.9 Å². The van der Waals surface area contributed by atoms with Gasteiger partial charge in [-0.25, -0.2) is 8.42 Å². The SMILES string of the molecule is CCCS(=O)(=O)N(CC(=O)OCC)c1ccc2c(c1)cc(Cc1ccc(C(=N)N)cc1)n2C.Cl. The highest BCUT2D eigenvalue weighted by Gasteiger charge is 2.25. The minimum Gasteiger partial charge on any atom is -0.465 e. The first kappa shape index (κ1) is 27.2. The summed E-state index contributed by atoms with van der Waals surface area (Å²) in [5, 5.41) is 8.40. The Morgan fingerprint density at radius 1 is 1.12 bits per heavy atom. The van der Waals surface area contributed by atoms with E-state index in [-0.39, 0.29) is 37.1 Å². The number of hydrogen-bond acceptors (Lipinski definition) is 5. The molecular formula is C24H31ClN4O4S. The molecule has 1 heterocycles. The lowest BCUT2D eigenvalue weighted by Gasteiger charge is -2.23. The molecule has 0 aliphatic rings. The molecule has 3 aromatic rings. The average molecular weight is 507 g/mol. The van der Waals surface area contributed by atoms with Gasteiger partial charge in [0.1, 0.15) is 12.4 Å². The lowest BCUT2D eigenvalue weighted by Crippen LogP contribution is -2.38. The van der Waals surface area contributed by atoms with Crippen LogP contribution < -0.4 is 10.0 Å². The van der Waals surface area contributed by atoms with Crippen molar-refractivity contribution in [1.82, 2.24) is 4.57 Å². The average Bonchev–Trinajstić information content (AvgIpc) is 3.07. The van der Waals surface area contributed by atoms with Crippen LogP contribution in [-0.4, -0.2) is 43.7 Å². The van der Waals surface area contributed by atoms with Crippen LogP contribution in [0.25, 0.3) is 10.9 Å². The number of nitrogen functional groups attached to an aromatic ring is 1. The number of aryl methyl sites for hydroxylation is 1. The maximum absolute atomic E-state index is 12.9. The highest BCUT2D eigenvalue weighted by Crippen LogP contribution is 2.28. The molecule has 0 aliphatic carbocycles. The number of amidine groups is 1. The van der Waals surface area contributed by atoms with Crippen LogP contribution in [0.3, 0.4) is 0 Å². The smallest absolute Gasteiger partial charge is 0.326 e. The maximum atomic E-state index is 12.9. The van der Waals surface area contributed by atoms with E-state index in [1.54, 1.807) is 26.0 Å². The molecule has 3 rings (SSSR count). The molecule has 184 valence electrons. The van der Waals surface area contributed by atoms with E-state index in [1.165, 1.54) is 0 Å². The normalized spacial score (nSPS) is 11.1. The molecule has 1 aromatic heterocycles. The Morgan fingerprint density at radius 2 is 1.79 bits per heavy atom. The number of esters is 1. The number of ether oxygens (including phenoxy) is 1. The fraction of sp³-hybridized carbons (Fsp3) is 0.333. The van der Waals surface area contributed by atoms with Crippen LogP contribution in [0.1, 0.15) is 37.1 Å². The number of fused-ring (bicyclic) bond motifs is 1. The number of hydrogen-bond donors (Lipinski definition) is 2. The van der Waals surface area contributed by atoms with Gasteiger partial charge in [-0.15, -0.1) is 12.4 Å². The zero-order valence-electron chi connectivity index (χ0n) is 19.6. The van der Waals surface area contributed by atoms with Crippen molar-refractivity contribution < 1.29 is 17.9 Å². The minimum absolute atomic E-state index is 0. The van der Waals surface area contributed by atoms with Gasteiger partial charge in [0.05, 0.1) is 18.0 Å². The molecule has 2 aromatic carbocycles. The number of nitrogens with one attached hydrogen (secondary N) is 1. The van der Waals surface area contributed by atoms with Crippen molar-refractivity contribution in [2.45, 2.75) is 26.7 Å². The minimum atomic E-state index is -3.67. The van der Waals surface area contributed by atoms with Crippen LogP contribution in [0.2, 0.25) is 0 Å². The molecule has 0 saturated carbocycles. The van der Waals surface area contributed by atoms with E-state index >= 15 is 0 Å². The fourth-order valence-corrected chi connectivity index (χ4v) is 5.25. The van der Waals surface area contributed by atoms with E-state index in [0.717, 1.165) is 26.5 Å². The van der Waals surface area contributed by atoms with Gasteiger partial charge in [0.15, 0.2) is 0 Å². The summed E-state index contributed by atoms with van der Waals surface area (Å²) in [5.41, 5.74) is 9.72. The monoisotopic (exact) mass is 506 g/mol. The summed E-state index contributed by atoms with van der Waals surface area (Å²) in [6.45, 7) is 3.31. The molecule has 0 fully saturated rings. The second kappa shape index (κ2) is 11.4. The Bertz CT molecular complexity index is 1270. The van der Waals surface area contributed by atoms with Crippen molar-refractivity contribution in [2.24, 2.45) is 12.8 Å². The number of sulfonamides is 1. The third kappa shape index (κ3) is 6.09. The zero-order valence-corrected chi connectivity index (χ0v) is 21.2. The number of benzene rings is 2. The molecule has 0 bridgehead atoms. The van der Waals surface area contributed by atoms with E-state index in [0.29, 0.717) is 24.1 Å². The topological polar surface area (TPSA) is 118 Å². The number of carbonyl (C=O) groups excluding carboxylic acids is 1. The molecule has 0 amide bonds. The first-order chi connectivity index (χ1) is 15.7. The van der Waals surface area contributed by atoms with Crippen LogP contribution in [-0.2, 0) is 33.0 Å². The summed E-state index contributed by atoms with van der Waals surface area (Å²) in [4.78, 5) is 12.1. The number of rotatable bonds is 10. The summed E-state index contributed by atoms with van der Waals surface area (Å²) in [6, 6.07) is 14.9. The summed E-state index contributed by atoms with van der Waals surface area (Å²) in [5.74, 6) is -0.607. The zero-order chi connectivity index (χ0) is 24.2. The standard InChI is InChI=1S/C24H30N4O4S.ClH/c1-4-12-33(30,31)28(16-23(29)32-5-2)20-10-11-22-19(14-20)15-21(27(22)3)13-17-6-8-18(9-7-17)24(25)26;/h6-11,14-15H,4-5,12-13,16H2,1-3H3,(H3,25,26);1H. The van der Waals surface area contributed by atoms with Gasteiger partial charge in [-0.1, -0.05) is 31.2 Å². The molecule has 3 N–H and O–H groups in total. The number of anilines is 1. The van der Waals surface area contributed by atoms with E-state index in [2.05, 4.69) is 4.57 Å². The van der Waals surface area contributed by atoms with Crippen molar-refractivity contribution in [3.05, 3.63) is 65.4 Å². The highest BCUT2D eigenvalue weighted by atomic mass is 35.5. The molecular weight excluding hydrogens is 476 g/mol. The predicted octanol–water partition coefficient (Wildman–Crippen LogP) is 3.58. The van der Waals surface area contributed by atoms with Gasteiger partial charge in [0.25, 0.3) is 0 Å². The van der Waals surface area contributed by atoms with Crippen molar-refractivity contribution in [3.8, 4) is 0 Å². The molecule has 34 heavy (non-hydrogen) atoms. The second-order valence-electron chi connectivity index (χ2n) is 7.85. The summed E-state index contributed by atoms with van der Waals surface area (Å²) in [7, 11) is -1.71. The Kier molecular flexibility index (Phi) is 9.12. The van der Waals surface area contributed by atoms with Crippen molar-refractivity contribution >= 4 is 50.8 Å². The number of nitrogens with two attached hydrogens (primary N) is 1. The Morgan fingerprint density at radius 3 is 2.38 bits per heavy atom. The Hall–Kier alpha value is -3.04. The van der Waals surface area contributed by atoms with E-state index < -0.39 is 16.0 Å². The molecule has 0 unspecified atom stereocenters. The molecule has 0 atom stereocenters. The molecule has 0 saturated heterocycles. The predicted molar refractivity (Wildman–Crippen MR) is 138 cm³/mol. The van der Waals surface area contributed by atoms with Gasteiger partial charge in [-0.2, -0.15) is 0 Å². The second-order valence-corrected chi connectivity index (χ2v) is 9.87. The van der Waals surface area contributed by atoms with Crippen LogP contribution in [0.5, 0.6) is 0 Å². The molecule has 0 aliphatic heterocycles. The lowest BCUT2D eigenvalue weighted by atomic mass is 10.1. The molecule has 0 spiro atoms. The van der Waals surface area contributed by atoms with Crippen molar-refractivity contribution in [1.29, 1.82) is 5.41 Å². The summed E-state index contributed by atoms with van der Waals surface area (Å²) >= 11 is 0. The van der Waals surface area contributed by atoms with Gasteiger partial charge in [-0.05, 0) is 43.2 Å². The lowest BCUT2D eigenvalue weighted by molar-refractivity contribution is -0.141. The van der Waals surface area contributed by atoms with Crippen LogP contribution in [0.15, 0.2) is 48.5 Å². The fourth-order valence-electron chi connectivity index (χ4n) is 3.77. The third-order valence-electron chi connectivity index (χ3n) is 5.44. The van der Waals surface area contributed by atoms with E-state index in [9.17, 15) is 13.2 Å². The summed E-state index contributed by atoms with van der Waals surface area (Å²) < 4.78 is 34.0. The van der Waals surface area contributed by atoms with Gasteiger partial charge in [0, 0.05) is 35.6 Å². The van der Waals surface area contributed by atoms with Gasteiger partial charge < -0.3 is 15.0 Å². The van der Waals surface area contributed by atoms with E-state index in [1.807, 2.05) is 43.4 Å². The first-order valence-electron chi connectivity index (χ1n) is 10.8. The molecule has 8 nitrogen and oxygen atoms in total. The van der Waals surface area contributed by atoms with Gasteiger partial charge >= 0.3 is 5.97 Å². The third-order valence-corrected chi connectivity index (χ3v) is 7.38. The van der Waals surface area contributed by atoms with Crippen LogP contribution in [0, 0.1) is 5.41 Å². The quantitative estimate of drug-likeness (QED) is 0.247. The van der Waals surface area contributed by atoms with Gasteiger partial charge in [0.2, 0.25) is 10.0 Å². The number of aromatic nitrogens is 1. The van der Waals surface area contributed by atoms with Crippen molar-refractivity contribution in [2.75, 3.05) is 23.2 Å². The highest BCUT2D eigenvalue weighted by molar-refractivity contribution is 7.92. The molecule has 0 radical (unpaired) electrons. The number of nitrogens with zero attached hydrogens (tertiary/aromatic N) is 2. The summed E-state index contributed by atoms with van der Waals surface area (Å²) in [6.07, 6.45) is 1.11. The Balaban J connectivity index is 0.00000408. The first-order valence-corrected chi connectivity index (χ1v) is 12.4. The van der Waals surface area contributed by atoms with Crippen molar-refractivity contribution in [3.63, 3.8) is 0 Å². The molecule has 10 heteroatoms. The number of carbonyl (C=O) groups is 1.